The average Bonchev–Trinajstić information content (AvgIpc) is 3.17. The van der Waals surface area contributed by atoms with Gasteiger partial charge in [0, 0.05) is 5.02 Å². The van der Waals surface area contributed by atoms with Crippen LogP contribution in [0.25, 0.3) is 0 Å². The Bertz CT molecular complexity index is 1040. The molecule has 2 aliphatic heterocycles. The summed E-state index contributed by atoms with van der Waals surface area (Å²) in [5.74, 6) is 2.57. The third kappa shape index (κ3) is 4.79. The molecule has 6 heteroatoms. The monoisotopic (exact) mass is 438 g/mol. The molecule has 0 amide bonds. The van der Waals surface area contributed by atoms with E-state index in [4.69, 9.17) is 30.6 Å². The Morgan fingerprint density at radius 2 is 1.77 bits per heavy atom. The van der Waals surface area contributed by atoms with Crippen LogP contribution in [0.15, 0.2) is 66.7 Å². The maximum atomic E-state index is 6.36. The van der Waals surface area contributed by atoms with E-state index in [1.54, 1.807) is 0 Å². The fraction of sp³-hybridized carbons (Fsp3) is 0.280. The third-order valence-corrected chi connectivity index (χ3v) is 5.89. The van der Waals surface area contributed by atoms with Gasteiger partial charge in [-0.2, -0.15) is 5.06 Å². The van der Waals surface area contributed by atoms with Gasteiger partial charge in [-0.3, -0.25) is 0 Å². The van der Waals surface area contributed by atoms with Gasteiger partial charge in [0.15, 0.2) is 17.6 Å². The number of rotatable bonds is 6. The van der Waals surface area contributed by atoms with Gasteiger partial charge < -0.3 is 14.2 Å². The maximum Gasteiger partial charge on any atom is 0.231 e. The number of nitrogens with one attached hydrogen (secondary N) is 1. The van der Waals surface area contributed by atoms with Gasteiger partial charge in [-0.15, -0.1) is 0 Å². The zero-order valence-electron chi connectivity index (χ0n) is 17.2. The van der Waals surface area contributed by atoms with Crippen molar-refractivity contribution in [3.8, 4) is 17.2 Å². The van der Waals surface area contributed by atoms with Crippen LogP contribution in [0.3, 0.4) is 0 Å². The molecule has 5 rings (SSSR count). The molecule has 2 atom stereocenters. The number of aryl methyl sites for hydroxylation is 1. The number of hydrogen-bond acceptors (Lipinski definition) is 4. The number of hydroxylamine groups is 2. The first-order valence-corrected chi connectivity index (χ1v) is 11.0. The summed E-state index contributed by atoms with van der Waals surface area (Å²) in [4.78, 5) is 6.26. The summed E-state index contributed by atoms with van der Waals surface area (Å²) in [7, 11) is 0. The normalized spacial score (nSPS) is 19.4. The lowest BCUT2D eigenvalue weighted by Gasteiger charge is -2.20. The molecule has 3 aromatic rings. The van der Waals surface area contributed by atoms with Crippen LogP contribution in [0.4, 0.5) is 0 Å². The first-order valence-electron chi connectivity index (χ1n) is 10.6. The highest BCUT2D eigenvalue weighted by molar-refractivity contribution is 6.30. The van der Waals surface area contributed by atoms with Crippen LogP contribution in [0, 0.1) is 0 Å². The summed E-state index contributed by atoms with van der Waals surface area (Å²) in [6, 6.07) is 22.2. The van der Waals surface area contributed by atoms with Crippen LogP contribution in [0.2, 0.25) is 5.02 Å². The van der Waals surface area contributed by atoms with Gasteiger partial charge in [-0.05, 0) is 60.4 Å². The van der Waals surface area contributed by atoms with Crippen LogP contribution in [0.5, 0.6) is 17.2 Å². The molecule has 2 heterocycles. The summed E-state index contributed by atoms with van der Waals surface area (Å²) < 4.78 is 17.2. The van der Waals surface area contributed by atoms with Crippen LogP contribution in [-0.2, 0) is 17.8 Å². The molecule has 0 aliphatic carbocycles. The molecule has 1 N–H and O–H groups in total. The highest BCUT2D eigenvalue weighted by atomic mass is 35.5. The van der Waals surface area contributed by atoms with E-state index >= 15 is 0 Å². The van der Waals surface area contributed by atoms with Gasteiger partial charge in [0.25, 0.3) is 0 Å². The SMILES string of the molecule is Clc1ccc(C2C[NH+](OCCCc3ccc4c(c3)OCO4)Cc3ccccc3O2)cc1. The standard InChI is InChI=1S/C25H24ClNO4/c26-21-10-8-19(9-11-21)25-16-27(15-20-5-1-2-6-22(20)31-25)30-13-3-4-18-7-12-23-24(14-18)29-17-28-23/h1-2,5-12,14,25H,3-4,13,15-17H2/p+1. The summed E-state index contributed by atoms with van der Waals surface area (Å²) in [6.07, 6.45) is 1.76. The predicted molar refractivity (Wildman–Crippen MR) is 118 cm³/mol. The first-order chi connectivity index (χ1) is 15.2. The number of quaternary nitrogens is 1. The lowest BCUT2D eigenvalue weighted by atomic mass is 10.1. The highest BCUT2D eigenvalue weighted by Gasteiger charge is 2.28. The third-order valence-electron chi connectivity index (χ3n) is 5.64. The molecule has 0 bridgehead atoms. The Kier molecular flexibility index (Phi) is 5.98. The number of para-hydroxylation sites is 1. The van der Waals surface area contributed by atoms with Crippen LogP contribution in [0.1, 0.15) is 29.2 Å². The Morgan fingerprint density at radius 3 is 2.68 bits per heavy atom. The van der Waals surface area contributed by atoms with Crippen molar-refractivity contribution in [2.45, 2.75) is 25.5 Å². The molecule has 2 aliphatic rings. The Hall–Kier alpha value is -2.73. The minimum atomic E-state index is -0.0928. The molecule has 0 saturated carbocycles. The molecule has 5 nitrogen and oxygen atoms in total. The molecule has 0 aromatic heterocycles. The van der Waals surface area contributed by atoms with Crippen molar-refractivity contribution in [2.75, 3.05) is 19.9 Å². The summed E-state index contributed by atoms with van der Waals surface area (Å²) in [5, 5.41) is 1.78. The van der Waals surface area contributed by atoms with Gasteiger partial charge >= 0.3 is 0 Å². The molecular weight excluding hydrogens is 414 g/mol. The predicted octanol–water partition coefficient (Wildman–Crippen LogP) is 4.15. The number of benzene rings is 3. The molecule has 3 aromatic carbocycles. The number of fused-ring (bicyclic) bond motifs is 2. The molecule has 0 spiro atoms. The van der Waals surface area contributed by atoms with Gasteiger partial charge in [-0.1, -0.05) is 41.9 Å². The Morgan fingerprint density at radius 1 is 0.935 bits per heavy atom. The van der Waals surface area contributed by atoms with E-state index in [0.717, 1.165) is 64.4 Å². The second-order valence-corrected chi connectivity index (χ2v) is 8.26. The molecule has 0 radical (unpaired) electrons. The molecule has 0 fully saturated rings. The van der Waals surface area contributed by atoms with Crippen LogP contribution >= 0.6 is 11.6 Å². The van der Waals surface area contributed by atoms with Gasteiger partial charge in [-0.25, -0.2) is 4.84 Å². The van der Waals surface area contributed by atoms with Crippen molar-refractivity contribution in [3.05, 3.63) is 88.4 Å². The average molecular weight is 439 g/mol. The van der Waals surface area contributed by atoms with Crippen LogP contribution < -0.4 is 19.3 Å². The number of ether oxygens (including phenoxy) is 3. The molecular formula is C25H25ClNO4+. The fourth-order valence-corrected chi connectivity index (χ4v) is 4.14. The van der Waals surface area contributed by atoms with Gasteiger partial charge in [0.2, 0.25) is 6.79 Å². The van der Waals surface area contributed by atoms with Crippen LogP contribution in [-0.4, -0.2) is 19.9 Å². The first kappa shape index (κ1) is 20.2. The van der Waals surface area contributed by atoms with Crippen molar-refractivity contribution in [1.29, 1.82) is 0 Å². The van der Waals surface area contributed by atoms with Crippen molar-refractivity contribution in [3.63, 3.8) is 0 Å². The van der Waals surface area contributed by atoms with E-state index in [0.29, 0.717) is 13.4 Å². The van der Waals surface area contributed by atoms with Gasteiger partial charge in [0.05, 0.1) is 5.56 Å². The van der Waals surface area contributed by atoms with E-state index in [1.807, 2.05) is 48.5 Å². The topological polar surface area (TPSA) is 41.4 Å². The zero-order valence-corrected chi connectivity index (χ0v) is 17.9. The quantitative estimate of drug-likeness (QED) is 0.587. The zero-order chi connectivity index (χ0) is 21.0. The second-order valence-electron chi connectivity index (χ2n) is 7.82. The summed E-state index contributed by atoms with van der Waals surface area (Å²) in [6.45, 7) is 2.46. The molecule has 0 saturated heterocycles. The largest absolute Gasteiger partial charge is 0.479 e. The van der Waals surface area contributed by atoms with Crippen molar-refractivity contribution in [1.82, 2.24) is 0 Å². The van der Waals surface area contributed by atoms with Crippen molar-refractivity contribution < 1.29 is 24.1 Å². The van der Waals surface area contributed by atoms with Crippen molar-refractivity contribution in [2.24, 2.45) is 0 Å². The number of hydrogen-bond donors (Lipinski definition) is 1. The smallest absolute Gasteiger partial charge is 0.231 e. The van der Waals surface area contributed by atoms with E-state index in [1.165, 1.54) is 5.56 Å². The lowest BCUT2D eigenvalue weighted by Crippen LogP contribution is -3.10. The van der Waals surface area contributed by atoms with Crippen molar-refractivity contribution >= 4 is 11.6 Å². The van der Waals surface area contributed by atoms with Gasteiger partial charge in [0.1, 0.15) is 25.4 Å². The highest BCUT2D eigenvalue weighted by Crippen LogP contribution is 2.32. The summed E-state index contributed by atoms with van der Waals surface area (Å²) >= 11 is 6.07. The lowest BCUT2D eigenvalue weighted by molar-refractivity contribution is -1.10. The Labute approximate surface area is 187 Å². The second kappa shape index (κ2) is 9.18. The minimum Gasteiger partial charge on any atom is -0.479 e. The minimum absolute atomic E-state index is 0.0928. The molecule has 160 valence electrons. The molecule has 31 heavy (non-hydrogen) atoms. The number of halogens is 1. The maximum absolute atomic E-state index is 6.36. The Balaban J connectivity index is 1.23. The summed E-state index contributed by atoms with van der Waals surface area (Å²) in [5.41, 5.74) is 3.48. The van der Waals surface area contributed by atoms with E-state index in [-0.39, 0.29) is 6.10 Å². The molecule has 2 unspecified atom stereocenters. The fourth-order valence-electron chi connectivity index (χ4n) is 4.01. The van der Waals surface area contributed by atoms with E-state index < -0.39 is 0 Å². The van der Waals surface area contributed by atoms with E-state index in [9.17, 15) is 0 Å². The van der Waals surface area contributed by atoms with E-state index in [2.05, 4.69) is 18.2 Å².